The van der Waals surface area contributed by atoms with Gasteiger partial charge in [0.15, 0.2) is 0 Å². The van der Waals surface area contributed by atoms with Crippen molar-refractivity contribution in [2.45, 2.75) is 13.3 Å². The maximum absolute atomic E-state index is 12.5. The van der Waals surface area contributed by atoms with Crippen molar-refractivity contribution in [1.82, 2.24) is 15.3 Å². The lowest BCUT2D eigenvalue weighted by atomic mass is 10.1. The van der Waals surface area contributed by atoms with E-state index in [1.807, 2.05) is 61.7 Å². The lowest BCUT2D eigenvalue weighted by molar-refractivity contribution is -0.117. The van der Waals surface area contributed by atoms with Crippen molar-refractivity contribution in [3.8, 4) is 6.07 Å². The number of nitriles is 1. The van der Waals surface area contributed by atoms with Gasteiger partial charge in [-0.3, -0.25) is 4.79 Å². The topological polar surface area (TPSA) is 84.5 Å². The number of aromatic amines is 2. The number of hydrogen-bond acceptors (Lipinski definition) is 2. The predicted octanol–water partition coefficient (Wildman–Crippen LogP) is 4.22. The van der Waals surface area contributed by atoms with E-state index < -0.39 is 0 Å². The van der Waals surface area contributed by atoms with E-state index in [0.29, 0.717) is 13.0 Å². The van der Waals surface area contributed by atoms with Crippen LogP contribution in [0, 0.1) is 18.3 Å². The molecule has 5 nitrogen and oxygen atoms in total. The van der Waals surface area contributed by atoms with Crippen molar-refractivity contribution in [2.24, 2.45) is 0 Å². The molecule has 5 heteroatoms. The minimum atomic E-state index is -0.355. The first kappa shape index (κ1) is 17.6. The van der Waals surface area contributed by atoms with Crippen LogP contribution in [0.2, 0.25) is 0 Å². The van der Waals surface area contributed by atoms with E-state index in [1.165, 1.54) is 0 Å². The molecule has 138 valence electrons. The number of carbonyl (C=O) groups excluding carboxylic acids is 1. The van der Waals surface area contributed by atoms with Gasteiger partial charge >= 0.3 is 0 Å². The van der Waals surface area contributed by atoms with Crippen molar-refractivity contribution in [3.63, 3.8) is 0 Å². The van der Waals surface area contributed by atoms with Crippen LogP contribution in [0.3, 0.4) is 0 Å². The van der Waals surface area contributed by atoms with Crippen molar-refractivity contribution < 1.29 is 4.79 Å². The summed E-state index contributed by atoms with van der Waals surface area (Å²) in [5, 5.41) is 14.5. The molecule has 0 aliphatic rings. The van der Waals surface area contributed by atoms with Gasteiger partial charge in [0.05, 0.1) is 0 Å². The Kier molecular flexibility index (Phi) is 4.69. The molecule has 0 unspecified atom stereocenters. The zero-order valence-electron chi connectivity index (χ0n) is 15.5. The Hall–Kier alpha value is -3.78. The van der Waals surface area contributed by atoms with Gasteiger partial charge in [0.2, 0.25) is 0 Å². The number of nitrogens with zero attached hydrogens (tertiary/aromatic N) is 1. The number of benzene rings is 2. The minimum Gasteiger partial charge on any atom is -0.361 e. The number of amides is 1. The van der Waals surface area contributed by atoms with Crippen LogP contribution < -0.4 is 5.32 Å². The SMILES string of the molecule is Cc1[nH]c2ccccc2c1/C=C(\C#N)C(=O)NCCc1c[nH]c2ccccc12. The summed E-state index contributed by atoms with van der Waals surface area (Å²) in [5.74, 6) is -0.355. The normalized spacial score (nSPS) is 11.6. The fourth-order valence-corrected chi connectivity index (χ4v) is 3.52. The maximum Gasteiger partial charge on any atom is 0.261 e. The second-order valence-electron chi connectivity index (χ2n) is 6.74. The molecule has 2 heterocycles. The molecule has 3 N–H and O–H groups in total. The molecule has 0 aliphatic heterocycles. The summed E-state index contributed by atoms with van der Waals surface area (Å²) in [6, 6.07) is 18.0. The largest absolute Gasteiger partial charge is 0.361 e. The Labute approximate surface area is 162 Å². The maximum atomic E-state index is 12.5. The van der Waals surface area contributed by atoms with Crippen LogP contribution in [0.5, 0.6) is 0 Å². The summed E-state index contributed by atoms with van der Waals surface area (Å²) in [7, 11) is 0. The molecular weight excluding hydrogens is 348 g/mol. The highest BCUT2D eigenvalue weighted by Gasteiger charge is 2.13. The van der Waals surface area contributed by atoms with Crippen molar-refractivity contribution in [3.05, 3.63) is 77.1 Å². The molecule has 28 heavy (non-hydrogen) atoms. The number of aryl methyl sites for hydroxylation is 1. The van der Waals surface area contributed by atoms with Gasteiger partial charge in [0.25, 0.3) is 5.91 Å². The van der Waals surface area contributed by atoms with Gasteiger partial charge < -0.3 is 15.3 Å². The molecule has 1 amide bonds. The summed E-state index contributed by atoms with van der Waals surface area (Å²) in [6.45, 7) is 2.41. The van der Waals surface area contributed by atoms with E-state index in [9.17, 15) is 10.1 Å². The fraction of sp³-hybridized carbons (Fsp3) is 0.130. The Morgan fingerprint density at radius 2 is 1.82 bits per heavy atom. The highest BCUT2D eigenvalue weighted by Crippen LogP contribution is 2.24. The number of rotatable bonds is 5. The molecule has 0 saturated heterocycles. The van der Waals surface area contributed by atoms with Gasteiger partial charge in [-0.2, -0.15) is 5.26 Å². The molecular formula is C23H20N4O. The highest BCUT2D eigenvalue weighted by atomic mass is 16.1. The second kappa shape index (κ2) is 7.45. The van der Waals surface area contributed by atoms with Crippen LogP contribution in [0.1, 0.15) is 16.8 Å². The summed E-state index contributed by atoms with van der Waals surface area (Å²) >= 11 is 0. The number of H-pyrrole nitrogens is 2. The van der Waals surface area contributed by atoms with E-state index in [2.05, 4.69) is 21.4 Å². The fourth-order valence-electron chi connectivity index (χ4n) is 3.52. The first-order chi connectivity index (χ1) is 13.7. The average Bonchev–Trinajstić information content (AvgIpc) is 3.26. The Balaban J connectivity index is 1.49. The number of nitrogens with one attached hydrogen (secondary N) is 3. The smallest absolute Gasteiger partial charge is 0.261 e. The molecule has 0 bridgehead atoms. The van der Waals surface area contributed by atoms with E-state index >= 15 is 0 Å². The Bertz CT molecular complexity index is 1240. The van der Waals surface area contributed by atoms with Crippen molar-refractivity contribution >= 4 is 33.8 Å². The second-order valence-corrected chi connectivity index (χ2v) is 6.74. The number of fused-ring (bicyclic) bond motifs is 2. The standard InChI is InChI=1S/C23H20N4O/c1-15-20(19-7-3-5-9-22(19)27-15)12-17(13-24)23(28)25-11-10-16-14-26-21-8-4-2-6-18(16)21/h2-9,12,14,26-27H,10-11H2,1H3,(H,25,28)/b17-12+. The highest BCUT2D eigenvalue weighted by molar-refractivity contribution is 6.04. The number of para-hydroxylation sites is 2. The van der Waals surface area contributed by atoms with Crippen LogP contribution in [0.25, 0.3) is 27.9 Å². The average molecular weight is 368 g/mol. The van der Waals surface area contributed by atoms with E-state index in [4.69, 9.17) is 0 Å². The van der Waals surface area contributed by atoms with Crippen LogP contribution >= 0.6 is 0 Å². The van der Waals surface area contributed by atoms with Gasteiger partial charge in [-0.15, -0.1) is 0 Å². The third-order valence-corrected chi connectivity index (χ3v) is 4.95. The number of hydrogen-bond donors (Lipinski definition) is 3. The predicted molar refractivity (Wildman–Crippen MR) is 112 cm³/mol. The summed E-state index contributed by atoms with van der Waals surface area (Å²) < 4.78 is 0. The molecule has 0 fully saturated rings. The lowest BCUT2D eigenvalue weighted by Crippen LogP contribution is -2.26. The van der Waals surface area contributed by atoms with Gasteiger partial charge in [0, 0.05) is 45.8 Å². The molecule has 0 aliphatic carbocycles. The Morgan fingerprint density at radius 3 is 2.61 bits per heavy atom. The zero-order valence-corrected chi connectivity index (χ0v) is 15.5. The van der Waals surface area contributed by atoms with E-state index in [1.54, 1.807) is 6.08 Å². The molecule has 4 aromatic rings. The molecule has 2 aromatic carbocycles. The van der Waals surface area contributed by atoms with Gasteiger partial charge in [0.1, 0.15) is 11.6 Å². The number of carbonyl (C=O) groups is 1. The van der Waals surface area contributed by atoms with Crippen LogP contribution in [-0.4, -0.2) is 22.4 Å². The summed E-state index contributed by atoms with van der Waals surface area (Å²) in [5.41, 5.74) is 5.12. The molecule has 0 saturated carbocycles. The first-order valence-electron chi connectivity index (χ1n) is 9.19. The van der Waals surface area contributed by atoms with Crippen molar-refractivity contribution in [1.29, 1.82) is 5.26 Å². The molecule has 0 radical (unpaired) electrons. The quantitative estimate of drug-likeness (QED) is 0.364. The van der Waals surface area contributed by atoms with E-state index in [0.717, 1.165) is 38.6 Å². The summed E-state index contributed by atoms with van der Waals surface area (Å²) in [4.78, 5) is 19.0. The molecule has 0 atom stereocenters. The van der Waals surface area contributed by atoms with E-state index in [-0.39, 0.29) is 11.5 Å². The third kappa shape index (κ3) is 3.28. The Morgan fingerprint density at radius 1 is 1.11 bits per heavy atom. The zero-order chi connectivity index (χ0) is 19.5. The number of aromatic nitrogens is 2. The van der Waals surface area contributed by atoms with Gasteiger partial charge in [-0.25, -0.2) is 0 Å². The van der Waals surface area contributed by atoms with Gasteiger partial charge in [-0.05, 0) is 37.1 Å². The third-order valence-electron chi connectivity index (χ3n) is 4.95. The van der Waals surface area contributed by atoms with Crippen LogP contribution in [0.4, 0.5) is 0 Å². The van der Waals surface area contributed by atoms with Crippen molar-refractivity contribution in [2.75, 3.05) is 6.54 Å². The molecule has 2 aromatic heterocycles. The first-order valence-corrected chi connectivity index (χ1v) is 9.19. The summed E-state index contributed by atoms with van der Waals surface area (Å²) in [6.07, 6.45) is 4.32. The molecule has 4 rings (SSSR count). The minimum absolute atomic E-state index is 0.103. The van der Waals surface area contributed by atoms with Crippen LogP contribution in [0.15, 0.2) is 60.3 Å². The van der Waals surface area contributed by atoms with Crippen LogP contribution in [-0.2, 0) is 11.2 Å². The van der Waals surface area contributed by atoms with Gasteiger partial charge in [-0.1, -0.05) is 36.4 Å². The molecule has 0 spiro atoms. The lowest BCUT2D eigenvalue weighted by Gasteiger charge is -2.04. The monoisotopic (exact) mass is 368 g/mol.